The lowest BCUT2D eigenvalue weighted by Gasteiger charge is -2.18. The molecule has 2 rings (SSSR count). The lowest BCUT2D eigenvalue weighted by atomic mass is 10.2. The number of amides is 2. The van der Waals surface area contributed by atoms with Crippen molar-refractivity contribution in [3.8, 4) is 0 Å². The van der Waals surface area contributed by atoms with Gasteiger partial charge in [-0.1, -0.05) is 0 Å². The zero-order valence-electron chi connectivity index (χ0n) is 11.7. The number of likely N-dealkylation sites (N-methyl/N-ethyl adjacent to an activating group) is 2. The molecule has 0 bridgehead atoms. The van der Waals surface area contributed by atoms with E-state index in [1.807, 2.05) is 24.3 Å². The quantitative estimate of drug-likeness (QED) is 0.874. The number of nitrogens with zero attached hydrogens (tertiary/aromatic N) is 2. The van der Waals surface area contributed by atoms with Gasteiger partial charge in [0.05, 0.1) is 11.4 Å². The highest BCUT2D eigenvalue weighted by molar-refractivity contribution is 7.20. The van der Waals surface area contributed by atoms with E-state index in [4.69, 9.17) is 5.73 Å². The molecule has 6 heteroatoms. The third kappa shape index (κ3) is 2.91. The van der Waals surface area contributed by atoms with Gasteiger partial charge in [-0.15, -0.1) is 11.3 Å². The maximum Gasteiger partial charge on any atom is 0.264 e. The number of benzene rings is 1. The first-order valence-corrected chi connectivity index (χ1v) is 6.95. The summed E-state index contributed by atoms with van der Waals surface area (Å²) in [4.78, 5) is 27.4. The van der Waals surface area contributed by atoms with Crippen LogP contribution in [0.1, 0.15) is 9.67 Å². The fraction of sp³-hybridized carbons (Fsp3) is 0.286. The first-order chi connectivity index (χ1) is 9.38. The van der Waals surface area contributed by atoms with Gasteiger partial charge < -0.3 is 15.5 Å². The number of hydrogen-bond donors (Lipinski definition) is 1. The smallest absolute Gasteiger partial charge is 0.264 e. The molecular formula is C14H17N3O2S. The standard InChI is InChI=1S/C14H17N3O2S/c1-16(2)13(18)8-17(3)14(19)12-7-9-6-10(15)4-5-11(9)20-12/h4-7H,8,15H2,1-3H3. The van der Waals surface area contributed by atoms with Crippen LogP contribution in [0.4, 0.5) is 5.69 Å². The maximum atomic E-state index is 12.3. The molecule has 0 atom stereocenters. The number of hydrogen-bond acceptors (Lipinski definition) is 4. The highest BCUT2D eigenvalue weighted by Crippen LogP contribution is 2.28. The average molecular weight is 291 g/mol. The molecule has 0 aliphatic rings. The molecule has 0 aliphatic heterocycles. The molecule has 0 unspecified atom stereocenters. The van der Waals surface area contributed by atoms with E-state index in [0.717, 1.165) is 10.1 Å². The Balaban J connectivity index is 2.20. The molecule has 2 amide bonds. The molecule has 2 N–H and O–H groups in total. The van der Waals surface area contributed by atoms with Crippen LogP contribution >= 0.6 is 11.3 Å². The van der Waals surface area contributed by atoms with E-state index in [-0.39, 0.29) is 18.4 Å². The zero-order chi connectivity index (χ0) is 14.9. The molecule has 20 heavy (non-hydrogen) atoms. The largest absolute Gasteiger partial charge is 0.399 e. The molecule has 0 fully saturated rings. The van der Waals surface area contributed by atoms with E-state index >= 15 is 0 Å². The second kappa shape index (κ2) is 5.50. The summed E-state index contributed by atoms with van der Waals surface area (Å²) in [7, 11) is 4.97. The Kier molecular flexibility index (Phi) is 3.94. The Morgan fingerprint density at radius 1 is 1.20 bits per heavy atom. The van der Waals surface area contributed by atoms with Crippen LogP contribution in [0.25, 0.3) is 10.1 Å². The Morgan fingerprint density at radius 3 is 2.55 bits per heavy atom. The van der Waals surface area contributed by atoms with Crippen molar-refractivity contribution < 1.29 is 9.59 Å². The molecule has 0 saturated heterocycles. The predicted molar refractivity (Wildman–Crippen MR) is 81.9 cm³/mol. The first kappa shape index (κ1) is 14.3. The van der Waals surface area contributed by atoms with Gasteiger partial charge in [-0.3, -0.25) is 9.59 Å². The van der Waals surface area contributed by atoms with E-state index in [1.165, 1.54) is 21.1 Å². The summed E-state index contributed by atoms with van der Waals surface area (Å²) in [6, 6.07) is 7.37. The molecule has 1 aromatic heterocycles. The Morgan fingerprint density at radius 2 is 1.90 bits per heavy atom. The van der Waals surface area contributed by atoms with Crippen molar-refractivity contribution in [3.05, 3.63) is 29.1 Å². The van der Waals surface area contributed by atoms with Crippen LogP contribution in [0.5, 0.6) is 0 Å². The van der Waals surface area contributed by atoms with E-state index in [1.54, 1.807) is 21.1 Å². The molecule has 1 aromatic carbocycles. The molecule has 2 aromatic rings. The zero-order valence-corrected chi connectivity index (χ0v) is 12.5. The van der Waals surface area contributed by atoms with Gasteiger partial charge in [-0.05, 0) is 29.7 Å². The normalized spacial score (nSPS) is 10.6. The molecule has 5 nitrogen and oxygen atoms in total. The molecule has 0 radical (unpaired) electrons. The van der Waals surface area contributed by atoms with Crippen molar-refractivity contribution in [3.63, 3.8) is 0 Å². The van der Waals surface area contributed by atoms with Crippen LogP contribution in [0.3, 0.4) is 0 Å². The number of anilines is 1. The van der Waals surface area contributed by atoms with Crippen molar-refractivity contribution in [1.29, 1.82) is 0 Å². The molecule has 0 aliphatic carbocycles. The second-order valence-corrected chi connectivity index (χ2v) is 5.94. The van der Waals surface area contributed by atoms with E-state index < -0.39 is 0 Å². The lowest BCUT2D eigenvalue weighted by molar-refractivity contribution is -0.129. The maximum absolute atomic E-state index is 12.3. The van der Waals surface area contributed by atoms with Crippen molar-refractivity contribution in [2.75, 3.05) is 33.4 Å². The molecule has 106 valence electrons. The lowest BCUT2D eigenvalue weighted by Crippen LogP contribution is -2.37. The summed E-state index contributed by atoms with van der Waals surface area (Å²) in [6.07, 6.45) is 0. The molecule has 0 saturated carbocycles. The first-order valence-electron chi connectivity index (χ1n) is 6.13. The minimum atomic E-state index is -0.153. The van der Waals surface area contributed by atoms with Gasteiger partial charge in [-0.2, -0.15) is 0 Å². The number of carbonyl (C=O) groups excluding carboxylic acids is 2. The summed E-state index contributed by atoms with van der Waals surface area (Å²) in [5.41, 5.74) is 6.40. The SMILES string of the molecule is CN(C)C(=O)CN(C)C(=O)c1cc2cc(N)ccc2s1. The van der Waals surface area contributed by atoms with Crippen LogP contribution < -0.4 is 5.73 Å². The van der Waals surface area contributed by atoms with Gasteiger partial charge in [0.2, 0.25) is 5.91 Å². The fourth-order valence-corrected chi connectivity index (χ4v) is 2.81. The minimum Gasteiger partial charge on any atom is -0.399 e. The van der Waals surface area contributed by atoms with E-state index in [0.29, 0.717) is 10.6 Å². The van der Waals surface area contributed by atoms with Gasteiger partial charge >= 0.3 is 0 Å². The van der Waals surface area contributed by atoms with Crippen molar-refractivity contribution in [2.45, 2.75) is 0 Å². The summed E-state index contributed by atoms with van der Waals surface area (Å²) in [5, 5.41) is 0.950. The molecule has 0 spiro atoms. The topological polar surface area (TPSA) is 66.6 Å². The Hall–Kier alpha value is -2.08. The monoisotopic (exact) mass is 291 g/mol. The van der Waals surface area contributed by atoms with Gasteiger partial charge in [-0.25, -0.2) is 0 Å². The van der Waals surface area contributed by atoms with Crippen LogP contribution in [0, 0.1) is 0 Å². The van der Waals surface area contributed by atoms with E-state index in [2.05, 4.69) is 0 Å². The van der Waals surface area contributed by atoms with Crippen molar-refractivity contribution in [1.82, 2.24) is 9.80 Å². The van der Waals surface area contributed by atoms with Crippen molar-refractivity contribution >= 4 is 38.9 Å². The number of rotatable bonds is 3. The molecule has 1 heterocycles. The second-order valence-electron chi connectivity index (χ2n) is 4.86. The average Bonchev–Trinajstić information content (AvgIpc) is 2.80. The Labute approximate surface area is 121 Å². The van der Waals surface area contributed by atoms with Crippen molar-refractivity contribution in [2.24, 2.45) is 0 Å². The molecular weight excluding hydrogens is 274 g/mol. The highest BCUT2D eigenvalue weighted by atomic mass is 32.1. The van der Waals surface area contributed by atoms with Gasteiger partial charge in [0.15, 0.2) is 0 Å². The summed E-state index contributed by atoms with van der Waals surface area (Å²) < 4.78 is 1.01. The number of carbonyl (C=O) groups is 2. The third-order valence-corrected chi connectivity index (χ3v) is 4.07. The van der Waals surface area contributed by atoms with Gasteiger partial charge in [0.1, 0.15) is 0 Å². The summed E-state index contributed by atoms with van der Waals surface area (Å²) in [6.45, 7) is 0.0716. The third-order valence-electron chi connectivity index (χ3n) is 2.97. The minimum absolute atomic E-state index is 0.0716. The summed E-state index contributed by atoms with van der Waals surface area (Å²) in [5.74, 6) is -0.258. The summed E-state index contributed by atoms with van der Waals surface area (Å²) >= 11 is 1.41. The van der Waals surface area contributed by atoms with Gasteiger partial charge in [0.25, 0.3) is 5.91 Å². The van der Waals surface area contributed by atoms with Crippen LogP contribution in [-0.2, 0) is 4.79 Å². The Bertz CT molecular complexity index is 663. The van der Waals surface area contributed by atoms with Crippen LogP contribution in [0.2, 0.25) is 0 Å². The van der Waals surface area contributed by atoms with Crippen LogP contribution in [-0.4, -0.2) is 49.3 Å². The number of nitrogens with two attached hydrogens (primary N) is 1. The fourth-order valence-electron chi connectivity index (χ4n) is 1.77. The predicted octanol–water partition coefficient (Wildman–Crippen LogP) is 1.64. The number of thiophene rings is 1. The van der Waals surface area contributed by atoms with Crippen LogP contribution in [0.15, 0.2) is 24.3 Å². The van der Waals surface area contributed by atoms with E-state index in [9.17, 15) is 9.59 Å². The highest BCUT2D eigenvalue weighted by Gasteiger charge is 2.18. The number of nitrogen functional groups attached to an aromatic ring is 1. The number of fused-ring (bicyclic) bond motifs is 1. The van der Waals surface area contributed by atoms with Gasteiger partial charge in [0, 0.05) is 31.5 Å².